The van der Waals surface area contributed by atoms with Gasteiger partial charge in [-0.15, -0.1) is 0 Å². The molecule has 38 heteroatoms. The minimum atomic E-state index is -2.30. The number of carbonyl (C=O) groups is 1. The predicted octanol–water partition coefficient (Wildman–Crippen LogP) is -11.8. The average molecular weight is 1360 g/mol. The summed E-state index contributed by atoms with van der Waals surface area (Å²) in [6.07, 6.45) is -70.9. The maximum absolute atomic E-state index is 14.1. The second kappa shape index (κ2) is 30.6. The van der Waals surface area contributed by atoms with Crippen molar-refractivity contribution in [3.63, 3.8) is 0 Å². The highest BCUT2D eigenvalue weighted by Gasteiger charge is 2.60. The fourth-order valence-corrected chi connectivity index (χ4v) is 12.5. The Morgan fingerprint density at radius 1 is 0.362 bits per heavy atom. The van der Waals surface area contributed by atoms with Crippen molar-refractivity contribution in [3.05, 3.63) is 41.7 Å². The normalized spacial score (nSPS) is 47.6. The molecule has 0 unspecified atom stereocenters. The number of rotatable bonds is 10. The molecular weight excluding hydrogens is 1280 g/mol. The van der Waals surface area contributed by atoms with Gasteiger partial charge in [0.25, 0.3) is 5.91 Å². The summed E-state index contributed by atoms with van der Waals surface area (Å²) in [6.45, 7) is -1.19. The Kier molecular flexibility index (Phi) is 23.8. The van der Waals surface area contributed by atoms with Gasteiger partial charge in [-0.05, 0) is 11.0 Å². The van der Waals surface area contributed by atoms with Crippen LogP contribution in [-0.4, -0.2) is 374 Å². The molecule has 1 amide bonds. The van der Waals surface area contributed by atoms with Crippen LogP contribution in [0, 0.1) is 0 Å². The van der Waals surface area contributed by atoms with E-state index in [1.165, 1.54) is 0 Å². The number of hydrogen-bond acceptors (Lipinski definition) is 37. The van der Waals surface area contributed by atoms with E-state index in [0.717, 1.165) is 11.8 Å². The highest BCUT2D eigenvalue weighted by atomic mass is 16.8. The molecule has 1 aromatic heterocycles. The van der Waals surface area contributed by atoms with E-state index in [2.05, 4.69) is 10.5 Å². The summed E-state index contributed by atoms with van der Waals surface area (Å²) < 4.78 is 86.7. The maximum Gasteiger partial charge on any atom is 0.256 e. The number of hydrogen-bond donors (Lipinski definition) is 21. The number of nitrogens with one attached hydrogen (secondary N) is 1. The molecule has 22 heterocycles. The third-order valence-corrected chi connectivity index (χ3v) is 17.9. The summed E-state index contributed by atoms with van der Waals surface area (Å²) in [5.74, 6) is -0.869. The van der Waals surface area contributed by atoms with E-state index >= 15 is 0 Å². The van der Waals surface area contributed by atoms with Crippen molar-refractivity contribution in [2.45, 2.75) is 241 Å². The minimum absolute atomic E-state index is 0.0871. The molecular formula is C56H84N2O36. The van der Waals surface area contributed by atoms with Gasteiger partial charge in [-0.1, -0.05) is 50.2 Å². The molecule has 2 aromatic rings. The first-order valence-electron chi connectivity index (χ1n) is 30.4. The average Bonchev–Trinajstić information content (AvgIpc) is 0.987. The minimum Gasteiger partial charge on any atom is -0.394 e. The Morgan fingerprint density at radius 2 is 0.596 bits per heavy atom. The van der Waals surface area contributed by atoms with E-state index in [4.69, 9.17) is 70.8 Å². The first-order chi connectivity index (χ1) is 44.7. The van der Waals surface area contributed by atoms with Gasteiger partial charge in [-0.2, -0.15) is 0 Å². The summed E-state index contributed by atoms with van der Waals surface area (Å²) in [5.41, 5.74) is 1.15. The molecule has 94 heavy (non-hydrogen) atoms. The van der Waals surface area contributed by atoms with E-state index in [1.807, 2.05) is 32.9 Å². The molecule has 0 spiro atoms. The lowest BCUT2D eigenvalue weighted by Crippen LogP contribution is -2.68. The molecule has 0 aliphatic carbocycles. The van der Waals surface area contributed by atoms with Crippen molar-refractivity contribution < 1.29 is 178 Å². The van der Waals surface area contributed by atoms with Crippen molar-refractivity contribution in [1.82, 2.24) is 10.5 Å². The molecule has 35 atom stereocenters. The molecule has 38 nitrogen and oxygen atoms in total. The predicted molar refractivity (Wildman–Crippen MR) is 294 cm³/mol. The summed E-state index contributed by atoms with van der Waals surface area (Å²) in [7, 11) is 0. The van der Waals surface area contributed by atoms with Crippen molar-refractivity contribution in [3.8, 4) is 11.3 Å². The lowest BCUT2D eigenvalue weighted by molar-refractivity contribution is -0.396. The van der Waals surface area contributed by atoms with E-state index in [-0.39, 0.29) is 16.7 Å². The zero-order valence-corrected chi connectivity index (χ0v) is 50.5. The molecule has 21 aliphatic heterocycles. The van der Waals surface area contributed by atoms with Crippen LogP contribution >= 0.6 is 0 Å². The van der Waals surface area contributed by atoms with Gasteiger partial charge in [-0.25, -0.2) is 0 Å². The zero-order chi connectivity index (χ0) is 68.1. The van der Waals surface area contributed by atoms with Gasteiger partial charge in [0.2, 0.25) is 0 Å². The SMILES string of the molecule is CC(C)(C)c1ccc(-c2nocc2C(=O)NC[C@H]2O[C@@H]3O[C@H]4[C@H](O)[C@H](O)[C@@H](O[C@H]5[C@H](O)[C@H](O)[C@@H](O[C@H]6[C@H](O)[C@@H](O)[C@@H](O[C@H]7[C@H](O)[C@@H](O)[C@@H](O[C@H]8[C@H](O)[C@@H](O)[C@@H](O[C@H]9[C@H](O)[C@@H](O)[C@@H](O[C@H]2[C@H](O)[C@H]3O)O[C@@H]9CO)O[C@@H]8CO)O[C@@H]7CO)O[C@@H]6CO)O[C@@H]5CO)O[C@@H]4CO)cc1. The van der Waals surface area contributed by atoms with Crippen LogP contribution in [0.15, 0.2) is 35.1 Å². The first kappa shape index (κ1) is 73.3. The molecule has 21 fully saturated rings. The molecule has 0 radical (unpaired) electrons. The number of amides is 1. The highest BCUT2D eigenvalue weighted by Crippen LogP contribution is 2.40. The molecule has 21 saturated heterocycles. The van der Waals surface area contributed by atoms with Crippen LogP contribution in [-0.2, 0) is 71.7 Å². The summed E-state index contributed by atoms with van der Waals surface area (Å²) in [4.78, 5) is 14.1. The van der Waals surface area contributed by atoms with E-state index in [9.17, 15) is 107 Å². The van der Waals surface area contributed by atoms with Crippen molar-refractivity contribution in [2.75, 3.05) is 46.2 Å². The Bertz CT molecular complexity index is 2720. The van der Waals surface area contributed by atoms with Gasteiger partial charge >= 0.3 is 0 Å². The Hall–Kier alpha value is -3.46. The van der Waals surface area contributed by atoms with Crippen LogP contribution in [0.4, 0.5) is 0 Å². The van der Waals surface area contributed by atoms with Gasteiger partial charge in [-0.3, -0.25) is 4.79 Å². The van der Waals surface area contributed by atoms with E-state index in [1.54, 1.807) is 12.1 Å². The number of aliphatic hydroxyl groups is 20. The quantitative estimate of drug-likeness (QED) is 0.105. The number of benzene rings is 1. The van der Waals surface area contributed by atoms with Crippen LogP contribution in [0.2, 0.25) is 0 Å². The van der Waals surface area contributed by atoms with Gasteiger partial charge in [0, 0.05) is 12.1 Å². The van der Waals surface area contributed by atoms with Crippen LogP contribution in [0.25, 0.3) is 11.3 Å². The second-order valence-electron chi connectivity index (χ2n) is 25.1. The second-order valence-corrected chi connectivity index (χ2v) is 25.1. The molecule has 0 saturated carbocycles. The molecule has 21 aliphatic rings. The van der Waals surface area contributed by atoms with Gasteiger partial charge in [0.1, 0.15) is 188 Å². The van der Waals surface area contributed by atoms with E-state index in [0.29, 0.717) is 5.56 Å². The maximum atomic E-state index is 14.1. The fraction of sp³-hybridized carbons (Fsp3) is 0.821. The van der Waals surface area contributed by atoms with Crippen LogP contribution < -0.4 is 5.32 Å². The number of aromatic nitrogens is 1. The lowest BCUT2D eigenvalue weighted by Gasteiger charge is -2.50. The number of ether oxygens (including phenoxy) is 14. The number of nitrogens with zero attached hydrogens (tertiary/aromatic N) is 1. The molecule has 21 N–H and O–H groups in total. The van der Waals surface area contributed by atoms with Crippen LogP contribution in [0.3, 0.4) is 0 Å². The van der Waals surface area contributed by atoms with Gasteiger partial charge in [0.15, 0.2) is 44.0 Å². The van der Waals surface area contributed by atoms with Crippen molar-refractivity contribution in [1.29, 1.82) is 0 Å². The monoisotopic (exact) mass is 1360 g/mol. The third-order valence-electron chi connectivity index (χ3n) is 17.9. The Labute approximate surface area is 533 Å². The summed E-state index contributed by atoms with van der Waals surface area (Å²) >= 11 is 0. The number of carbonyl (C=O) groups excluding carboxylic acids is 1. The van der Waals surface area contributed by atoms with Gasteiger partial charge < -0.3 is 178 Å². The van der Waals surface area contributed by atoms with Crippen LogP contribution in [0.5, 0.6) is 0 Å². The van der Waals surface area contributed by atoms with Crippen molar-refractivity contribution >= 4 is 5.91 Å². The fourth-order valence-electron chi connectivity index (χ4n) is 12.5. The smallest absolute Gasteiger partial charge is 0.256 e. The first-order valence-corrected chi connectivity index (χ1v) is 30.4. The summed E-state index contributed by atoms with van der Waals surface area (Å²) in [6, 6.07) is 7.08. The topological polar surface area (TPSA) is 589 Å². The Morgan fingerprint density at radius 3 is 0.830 bits per heavy atom. The molecule has 534 valence electrons. The third kappa shape index (κ3) is 14.6. The Balaban J connectivity index is 0.950. The van der Waals surface area contributed by atoms with Crippen molar-refractivity contribution in [2.24, 2.45) is 0 Å². The number of aliphatic hydroxyl groups excluding tert-OH is 20. The standard InChI is InChI=1S/C56H84N2O36/c1-56(2,3)17-6-4-16(5-7-17)26-18(15-80-58-26)48(79)57-8-19-41-27(65)34(72)49(81-19)89-42-20(9-59)83-51(36(74)29(42)67)91-44-22(11-61)85-53(38(76)31(44)69)93-46-24(13-63)87-55(40(78)33(46)71)94-47-25(14-64)86-54(39(77)32(47)70)92-45-23(12-62)84-52(37(75)30(45)68)90-43-21(10-60)82-50(88-41)35(73)28(43)66/h4-7,15,19-25,27-47,49-55,59-78H,8-14H2,1-3H3,(H,57,79)/t19-,20-,21-,22-,23-,24-,25-,27-,28-,29-,30-,31-,32-,33-,34-,35-,36+,37-,38+,39-,40-,41-,42-,43-,44-,45-,46-,47-,49-,50-,51-,52-,53-,54-,55-/m1/s1. The largest absolute Gasteiger partial charge is 0.394 e. The van der Waals surface area contributed by atoms with Crippen LogP contribution in [0.1, 0.15) is 36.7 Å². The molecule has 1 aromatic carbocycles. The zero-order valence-electron chi connectivity index (χ0n) is 50.5. The molecule has 14 bridgehead atoms. The lowest BCUT2D eigenvalue weighted by atomic mass is 9.86. The van der Waals surface area contributed by atoms with E-state index < -0.39 is 267 Å². The molecule has 23 rings (SSSR count). The highest BCUT2D eigenvalue weighted by molar-refractivity contribution is 5.99. The van der Waals surface area contributed by atoms with Gasteiger partial charge in [0.05, 0.1) is 39.6 Å². The summed E-state index contributed by atoms with van der Waals surface area (Å²) in [5, 5.41) is 232.